The molecule has 21 heavy (non-hydrogen) atoms. The van der Waals surface area contributed by atoms with Gasteiger partial charge in [0.2, 0.25) is 12.2 Å². The fourth-order valence-corrected chi connectivity index (χ4v) is 2.74. The van der Waals surface area contributed by atoms with Gasteiger partial charge in [-0.3, -0.25) is 4.79 Å². The van der Waals surface area contributed by atoms with Gasteiger partial charge in [0.25, 0.3) is 5.91 Å². The third-order valence-electron chi connectivity index (χ3n) is 3.91. The zero-order valence-corrected chi connectivity index (χ0v) is 11.7. The second-order valence-electron chi connectivity index (χ2n) is 5.22. The van der Waals surface area contributed by atoms with E-state index < -0.39 is 0 Å². The Bertz CT molecular complexity index is 595. The first-order valence-corrected chi connectivity index (χ1v) is 7.17. The lowest BCUT2D eigenvalue weighted by molar-refractivity contribution is 0.0623. The SMILES string of the molecule is NC[C@@H]1CCCCN1C(=O)c1ccc(-c2ncon2)cc1. The number of amides is 1. The van der Waals surface area contributed by atoms with Crippen LogP contribution >= 0.6 is 0 Å². The van der Waals surface area contributed by atoms with Gasteiger partial charge in [-0.15, -0.1) is 0 Å². The Morgan fingerprint density at radius 3 is 2.81 bits per heavy atom. The van der Waals surface area contributed by atoms with Gasteiger partial charge >= 0.3 is 0 Å². The Kier molecular flexibility index (Phi) is 3.96. The molecule has 1 saturated heterocycles. The molecule has 6 heteroatoms. The highest BCUT2D eigenvalue weighted by Crippen LogP contribution is 2.21. The predicted molar refractivity (Wildman–Crippen MR) is 77.5 cm³/mol. The number of likely N-dealkylation sites (tertiary alicyclic amines) is 1. The summed E-state index contributed by atoms with van der Waals surface area (Å²) in [6, 6.07) is 7.42. The molecule has 0 aliphatic carbocycles. The number of hydrogen-bond donors (Lipinski definition) is 1. The molecule has 1 aromatic carbocycles. The van der Waals surface area contributed by atoms with Gasteiger partial charge in [0.1, 0.15) is 0 Å². The Labute approximate surface area is 122 Å². The van der Waals surface area contributed by atoms with E-state index in [-0.39, 0.29) is 11.9 Å². The van der Waals surface area contributed by atoms with Crippen molar-refractivity contribution in [1.29, 1.82) is 0 Å². The minimum absolute atomic E-state index is 0.0461. The number of nitrogens with two attached hydrogens (primary N) is 1. The maximum atomic E-state index is 12.6. The third-order valence-corrected chi connectivity index (χ3v) is 3.91. The van der Waals surface area contributed by atoms with Gasteiger partial charge in [-0.2, -0.15) is 4.98 Å². The van der Waals surface area contributed by atoms with Gasteiger partial charge in [-0.05, 0) is 31.4 Å². The minimum atomic E-state index is 0.0461. The van der Waals surface area contributed by atoms with Gasteiger partial charge < -0.3 is 15.2 Å². The zero-order valence-electron chi connectivity index (χ0n) is 11.7. The molecule has 1 fully saturated rings. The number of benzene rings is 1. The van der Waals surface area contributed by atoms with Crippen molar-refractivity contribution in [3.63, 3.8) is 0 Å². The van der Waals surface area contributed by atoms with Crippen molar-refractivity contribution in [3.8, 4) is 11.4 Å². The highest BCUT2D eigenvalue weighted by atomic mass is 16.5. The van der Waals surface area contributed by atoms with E-state index in [0.29, 0.717) is 17.9 Å². The predicted octanol–water partition coefficient (Wildman–Crippen LogP) is 1.69. The molecular formula is C15H18N4O2. The normalized spacial score (nSPS) is 18.7. The van der Waals surface area contributed by atoms with Crippen LogP contribution in [0.2, 0.25) is 0 Å². The second-order valence-corrected chi connectivity index (χ2v) is 5.22. The van der Waals surface area contributed by atoms with Crippen LogP contribution in [-0.2, 0) is 0 Å². The van der Waals surface area contributed by atoms with Gasteiger partial charge in [0, 0.05) is 30.3 Å². The van der Waals surface area contributed by atoms with Crippen LogP contribution < -0.4 is 5.73 Å². The summed E-state index contributed by atoms with van der Waals surface area (Å²) in [6.45, 7) is 1.31. The summed E-state index contributed by atoms with van der Waals surface area (Å²) < 4.78 is 4.72. The summed E-state index contributed by atoms with van der Waals surface area (Å²) in [5.74, 6) is 0.566. The summed E-state index contributed by atoms with van der Waals surface area (Å²) in [7, 11) is 0. The number of hydrogen-bond acceptors (Lipinski definition) is 5. The Hall–Kier alpha value is -2.21. The van der Waals surface area contributed by atoms with Gasteiger partial charge in [0.05, 0.1) is 0 Å². The fraction of sp³-hybridized carbons (Fsp3) is 0.400. The number of carbonyl (C=O) groups is 1. The summed E-state index contributed by atoms with van der Waals surface area (Å²) in [6.07, 6.45) is 4.46. The highest BCUT2D eigenvalue weighted by Gasteiger charge is 2.26. The average Bonchev–Trinajstić information content (AvgIpc) is 3.09. The van der Waals surface area contributed by atoms with E-state index in [1.165, 1.54) is 6.39 Å². The molecule has 1 aliphatic rings. The first-order valence-electron chi connectivity index (χ1n) is 7.17. The smallest absolute Gasteiger partial charge is 0.254 e. The van der Waals surface area contributed by atoms with Crippen molar-refractivity contribution >= 4 is 5.91 Å². The number of piperidine rings is 1. The van der Waals surface area contributed by atoms with E-state index in [1.807, 2.05) is 17.0 Å². The standard InChI is InChI=1S/C15H18N4O2/c16-9-13-3-1-2-8-19(13)15(20)12-6-4-11(5-7-12)14-17-10-21-18-14/h4-7,10,13H,1-3,8-9,16H2/t13-/m0/s1. The van der Waals surface area contributed by atoms with Gasteiger partial charge in [0.15, 0.2) is 0 Å². The molecular weight excluding hydrogens is 268 g/mol. The molecule has 1 amide bonds. The van der Waals surface area contributed by atoms with Crippen LogP contribution in [0.1, 0.15) is 29.6 Å². The van der Waals surface area contributed by atoms with E-state index in [1.54, 1.807) is 12.1 Å². The second kappa shape index (κ2) is 6.05. The summed E-state index contributed by atoms with van der Waals surface area (Å²) in [5.41, 5.74) is 7.27. The van der Waals surface area contributed by atoms with E-state index in [2.05, 4.69) is 10.1 Å². The maximum Gasteiger partial charge on any atom is 0.254 e. The molecule has 0 bridgehead atoms. The van der Waals surface area contributed by atoms with E-state index >= 15 is 0 Å². The average molecular weight is 286 g/mol. The Balaban J connectivity index is 1.78. The van der Waals surface area contributed by atoms with E-state index in [4.69, 9.17) is 10.3 Å². The summed E-state index contributed by atoms with van der Waals surface area (Å²) >= 11 is 0. The molecule has 1 atom stereocenters. The number of nitrogens with zero attached hydrogens (tertiary/aromatic N) is 3. The van der Waals surface area contributed by atoms with E-state index in [9.17, 15) is 4.79 Å². The molecule has 6 nitrogen and oxygen atoms in total. The molecule has 2 aromatic rings. The molecule has 1 aliphatic heterocycles. The van der Waals surface area contributed by atoms with Crippen molar-refractivity contribution in [2.24, 2.45) is 5.73 Å². The van der Waals surface area contributed by atoms with Crippen molar-refractivity contribution in [2.75, 3.05) is 13.1 Å². The lowest BCUT2D eigenvalue weighted by Crippen LogP contribution is -2.47. The van der Waals surface area contributed by atoms with Crippen LogP contribution in [-0.4, -0.2) is 40.1 Å². The van der Waals surface area contributed by atoms with Crippen LogP contribution in [0.15, 0.2) is 35.2 Å². The number of carbonyl (C=O) groups excluding carboxylic acids is 1. The van der Waals surface area contributed by atoms with Gasteiger partial charge in [-0.1, -0.05) is 17.3 Å². The zero-order chi connectivity index (χ0) is 14.7. The Morgan fingerprint density at radius 2 is 2.14 bits per heavy atom. The van der Waals surface area contributed by atoms with Crippen molar-refractivity contribution in [3.05, 3.63) is 36.2 Å². The van der Waals surface area contributed by atoms with Crippen molar-refractivity contribution < 1.29 is 9.32 Å². The van der Waals surface area contributed by atoms with Gasteiger partial charge in [-0.25, -0.2) is 0 Å². The van der Waals surface area contributed by atoms with Crippen LogP contribution in [0.5, 0.6) is 0 Å². The Morgan fingerprint density at radius 1 is 1.33 bits per heavy atom. The number of aromatic nitrogens is 2. The first kappa shape index (κ1) is 13.8. The maximum absolute atomic E-state index is 12.6. The lowest BCUT2D eigenvalue weighted by atomic mass is 10.0. The summed E-state index contributed by atoms with van der Waals surface area (Å²) in [5, 5.41) is 3.78. The summed E-state index contributed by atoms with van der Waals surface area (Å²) in [4.78, 5) is 18.5. The van der Waals surface area contributed by atoms with E-state index in [0.717, 1.165) is 31.4 Å². The number of rotatable bonds is 3. The van der Waals surface area contributed by atoms with Crippen LogP contribution in [0.25, 0.3) is 11.4 Å². The van der Waals surface area contributed by atoms with Crippen LogP contribution in [0.3, 0.4) is 0 Å². The third kappa shape index (κ3) is 2.80. The molecule has 2 N–H and O–H groups in total. The van der Waals surface area contributed by atoms with Crippen LogP contribution in [0.4, 0.5) is 0 Å². The topological polar surface area (TPSA) is 85.2 Å². The first-order chi connectivity index (χ1) is 10.3. The van der Waals surface area contributed by atoms with Crippen molar-refractivity contribution in [2.45, 2.75) is 25.3 Å². The molecule has 2 heterocycles. The minimum Gasteiger partial charge on any atom is -0.342 e. The van der Waals surface area contributed by atoms with Crippen molar-refractivity contribution in [1.82, 2.24) is 15.0 Å². The quantitative estimate of drug-likeness (QED) is 0.928. The lowest BCUT2D eigenvalue weighted by Gasteiger charge is -2.35. The molecule has 3 rings (SSSR count). The highest BCUT2D eigenvalue weighted by molar-refractivity contribution is 5.95. The largest absolute Gasteiger partial charge is 0.342 e. The molecule has 110 valence electrons. The molecule has 0 radical (unpaired) electrons. The monoisotopic (exact) mass is 286 g/mol. The van der Waals surface area contributed by atoms with Crippen LogP contribution in [0, 0.1) is 0 Å². The molecule has 0 unspecified atom stereocenters. The molecule has 1 aromatic heterocycles. The molecule has 0 spiro atoms. The molecule has 0 saturated carbocycles. The fourth-order valence-electron chi connectivity index (χ4n) is 2.74.